The smallest absolute Gasteiger partial charge is 0.203 e. The van der Waals surface area contributed by atoms with Gasteiger partial charge in [0.1, 0.15) is 6.54 Å². The summed E-state index contributed by atoms with van der Waals surface area (Å²) < 4.78 is 15.9. The van der Waals surface area contributed by atoms with Gasteiger partial charge in [-0.1, -0.05) is 0 Å². The number of hydrogen-bond donors (Lipinski definition) is 1. The number of ether oxygens (including phenoxy) is 3. The topological polar surface area (TPSA) is 72.3 Å². The Hall–Kier alpha value is -1.95. The van der Waals surface area contributed by atoms with Gasteiger partial charge in [-0.3, -0.25) is 0 Å². The van der Waals surface area contributed by atoms with Gasteiger partial charge in [-0.15, -0.1) is 0 Å². The summed E-state index contributed by atoms with van der Waals surface area (Å²) in [6, 6.07) is 3.81. The maximum atomic E-state index is 10.4. The van der Waals surface area contributed by atoms with Crippen molar-refractivity contribution in [3.8, 4) is 17.2 Å². The summed E-state index contributed by atoms with van der Waals surface area (Å²) in [6.07, 6.45) is 0.686. The lowest BCUT2D eigenvalue weighted by Crippen LogP contribution is -3.07. The van der Waals surface area contributed by atoms with E-state index in [0.29, 0.717) is 23.7 Å². The zero-order valence-electron chi connectivity index (χ0n) is 13.0. The van der Waals surface area contributed by atoms with Crippen LogP contribution in [0.3, 0.4) is 0 Å². The lowest BCUT2D eigenvalue weighted by atomic mass is 10.1. The van der Waals surface area contributed by atoms with Crippen molar-refractivity contribution in [3.63, 3.8) is 0 Å². The molecule has 1 atom stereocenters. The van der Waals surface area contributed by atoms with Crippen LogP contribution in [0.5, 0.6) is 17.2 Å². The number of benzene rings is 1. The summed E-state index contributed by atoms with van der Waals surface area (Å²) in [5, 5.41) is 10.4. The monoisotopic (exact) mass is 297 g/mol. The third-order valence-electron chi connectivity index (χ3n) is 3.21. The lowest BCUT2D eigenvalue weighted by molar-refractivity contribution is -0.893. The predicted molar refractivity (Wildman–Crippen MR) is 75.8 cm³/mol. The standard InChI is InChI=1S/C15H23NO5/c1-16(7-5-6-14(17)18)10-11-8-12(19-2)15(21-4)13(9-11)20-3/h8-9H,5-7,10H2,1-4H3,(H,17,18). The highest BCUT2D eigenvalue weighted by Crippen LogP contribution is 2.37. The summed E-state index contributed by atoms with van der Waals surface area (Å²) in [7, 11) is 6.74. The molecule has 0 fully saturated rings. The van der Waals surface area contributed by atoms with E-state index in [4.69, 9.17) is 14.2 Å². The maximum Gasteiger partial charge on any atom is 0.203 e. The van der Waals surface area contributed by atoms with Gasteiger partial charge in [-0.25, -0.2) is 0 Å². The summed E-state index contributed by atoms with van der Waals surface area (Å²) in [5.74, 6) is 0.803. The normalized spacial score (nSPS) is 11.8. The zero-order valence-corrected chi connectivity index (χ0v) is 13.0. The van der Waals surface area contributed by atoms with Crippen LogP contribution in [0.15, 0.2) is 12.1 Å². The number of carboxylic acid groups (broad SMARTS) is 1. The Bertz CT molecular complexity index is 450. The number of carbonyl (C=O) groups excluding carboxylic acids is 1. The first kappa shape index (κ1) is 17.1. The highest BCUT2D eigenvalue weighted by atomic mass is 16.5. The molecule has 21 heavy (non-hydrogen) atoms. The van der Waals surface area contributed by atoms with E-state index in [9.17, 15) is 9.90 Å². The molecule has 0 spiro atoms. The van der Waals surface area contributed by atoms with Crippen LogP contribution in [0.1, 0.15) is 18.4 Å². The SMILES string of the molecule is COc1cc(C[NH+](C)CCCC(=O)[O-])cc(OC)c1OC. The fourth-order valence-corrected chi connectivity index (χ4v) is 2.21. The average Bonchev–Trinajstić information content (AvgIpc) is 2.45. The van der Waals surface area contributed by atoms with Crippen molar-refractivity contribution in [2.24, 2.45) is 0 Å². The highest BCUT2D eigenvalue weighted by molar-refractivity contribution is 5.64. The van der Waals surface area contributed by atoms with Gasteiger partial charge in [0.15, 0.2) is 11.5 Å². The van der Waals surface area contributed by atoms with Gasteiger partial charge in [-0.05, 0) is 18.6 Å². The van der Waals surface area contributed by atoms with Crippen LogP contribution in [-0.2, 0) is 11.3 Å². The van der Waals surface area contributed by atoms with E-state index in [1.54, 1.807) is 21.3 Å². The molecule has 1 aromatic carbocycles. The third kappa shape index (κ3) is 5.15. The number of methoxy groups -OCH3 is 3. The van der Waals surface area contributed by atoms with Crippen LogP contribution in [0.2, 0.25) is 0 Å². The first-order valence-electron chi connectivity index (χ1n) is 6.81. The molecule has 1 unspecified atom stereocenters. The second kappa shape index (κ2) is 8.36. The average molecular weight is 297 g/mol. The van der Waals surface area contributed by atoms with E-state index in [1.807, 2.05) is 19.2 Å². The number of hydrogen-bond acceptors (Lipinski definition) is 5. The number of rotatable bonds is 9. The van der Waals surface area contributed by atoms with Crippen LogP contribution >= 0.6 is 0 Å². The largest absolute Gasteiger partial charge is 0.550 e. The van der Waals surface area contributed by atoms with Gasteiger partial charge >= 0.3 is 0 Å². The summed E-state index contributed by atoms with van der Waals surface area (Å²) in [6.45, 7) is 1.49. The molecule has 6 heteroatoms. The summed E-state index contributed by atoms with van der Waals surface area (Å²) >= 11 is 0. The van der Waals surface area contributed by atoms with Crippen LogP contribution in [0, 0.1) is 0 Å². The minimum absolute atomic E-state index is 0.0899. The van der Waals surface area contributed by atoms with Crippen LogP contribution in [-0.4, -0.2) is 40.9 Å². The first-order valence-corrected chi connectivity index (χ1v) is 6.81. The molecule has 1 N–H and O–H groups in total. The molecule has 0 aliphatic heterocycles. The molecule has 0 amide bonds. The Morgan fingerprint density at radius 2 is 1.71 bits per heavy atom. The van der Waals surface area contributed by atoms with E-state index >= 15 is 0 Å². The number of quaternary nitrogens is 1. The summed E-state index contributed by atoms with van der Waals surface area (Å²) in [4.78, 5) is 11.6. The minimum atomic E-state index is -1.00. The van der Waals surface area contributed by atoms with Crippen molar-refractivity contribution in [2.75, 3.05) is 34.9 Å². The van der Waals surface area contributed by atoms with Crippen molar-refractivity contribution in [3.05, 3.63) is 17.7 Å². The van der Waals surface area contributed by atoms with E-state index in [1.165, 1.54) is 4.90 Å². The van der Waals surface area contributed by atoms with Crippen molar-refractivity contribution >= 4 is 5.97 Å². The van der Waals surface area contributed by atoms with Crippen molar-refractivity contribution < 1.29 is 29.0 Å². The van der Waals surface area contributed by atoms with Crippen molar-refractivity contribution in [1.29, 1.82) is 0 Å². The molecule has 6 nitrogen and oxygen atoms in total. The first-order chi connectivity index (χ1) is 10.0. The minimum Gasteiger partial charge on any atom is -0.550 e. The molecule has 0 bridgehead atoms. The Morgan fingerprint density at radius 3 is 2.14 bits per heavy atom. The molecule has 0 radical (unpaired) electrons. The van der Waals surface area contributed by atoms with Gasteiger partial charge in [0.2, 0.25) is 5.75 Å². The van der Waals surface area contributed by atoms with Gasteiger partial charge in [-0.2, -0.15) is 0 Å². The van der Waals surface area contributed by atoms with Crippen LogP contribution < -0.4 is 24.2 Å². The van der Waals surface area contributed by atoms with Crippen LogP contribution in [0.4, 0.5) is 0 Å². The van der Waals surface area contributed by atoms with E-state index in [0.717, 1.165) is 18.7 Å². The van der Waals surface area contributed by atoms with E-state index in [2.05, 4.69) is 0 Å². The number of nitrogens with one attached hydrogen (secondary N) is 1. The maximum absolute atomic E-state index is 10.4. The molecule has 1 rings (SSSR count). The highest BCUT2D eigenvalue weighted by Gasteiger charge is 2.15. The molecule has 0 heterocycles. The van der Waals surface area contributed by atoms with Gasteiger partial charge in [0.05, 0.1) is 34.9 Å². The Morgan fingerprint density at radius 1 is 1.14 bits per heavy atom. The predicted octanol–water partition coefficient (Wildman–Crippen LogP) is -0.743. The number of carbonyl (C=O) groups is 1. The summed E-state index contributed by atoms with van der Waals surface area (Å²) in [5.41, 5.74) is 1.04. The Balaban J connectivity index is 2.76. The van der Waals surface area contributed by atoms with E-state index in [-0.39, 0.29) is 6.42 Å². The quantitative estimate of drug-likeness (QED) is 0.650. The van der Waals surface area contributed by atoms with Gasteiger partial charge in [0, 0.05) is 18.0 Å². The molecule has 0 aromatic heterocycles. The van der Waals surface area contributed by atoms with Crippen LogP contribution in [0.25, 0.3) is 0 Å². The molecule has 118 valence electrons. The molecule has 1 aromatic rings. The molecule has 0 aliphatic rings. The molecular weight excluding hydrogens is 274 g/mol. The Kier molecular flexibility index (Phi) is 6.81. The second-order valence-corrected chi connectivity index (χ2v) is 4.89. The van der Waals surface area contributed by atoms with Crippen molar-refractivity contribution in [1.82, 2.24) is 0 Å². The fourth-order valence-electron chi connectivity index (χ4n) is 2.21. The number of carboxylic acids is 1. The fraction of sp³-hybridized carbons (Fsp3) is 0.533. The third-order valence-corrected chi connectivity index (χ3v) is 3.21. The van der Waals surface area contributed by atoms with E-state index < -0.39 is 5.97 Å². The van der Waals surface area contributed by atoms with Gasteiger partial charge < -0.3 is 29.0 Å². The Labute approximate surface area is 125 Å². The molecule has 0 saturated heterocycles. The lowest BCUT2D eigenvalue weighted by Gasteiger charge is -2.17. The molecule has 0 saturated carbocycles. The van der Waals surface area contributed by atoms with Gasteiger partial charge in [0.25, 0.3) is 0 Å². The number of aliphatic carboxylic acids is 1. The van der Waals surface area contributed by atoms with Crippen molar-refractivity contribution in [2.45, 2.75) is 19.4 Å². The molecular formula is C15H23NO5. The second-order valence-electron chi connectivity index (χ2n) is 4.89. The molecule has 0 aliphatic carbocycles. The zero-order chi connectivity index (χ0) is 15.8.